The van der Waals surface area contributed by atoms with Crippen LogP contribution in [0, 0.1) is 11.8 Å². The quantitative estimate of drug-likeness (QED) is 0.763. The van der Waals surface area contributed by atoms with Crippen molar-refractivity contribution in [3.8, 4) is 0 Å². The number of piperidine rings is 1. The van der Waals surface area contributed by atoms with Crippen molar-refractivity contribution >= 4 is 28.7 Å². The number of amides is 1. The molecule has 160 valence electrons. The maximum Gasteiger partial charge on any atom is 0.303 e. The predicted molar refractivity (Wildman–Crippen MR) is 111 cm³/mol. The van der Waals surface area contributed by atoms with Crippen LogP contribution < -0.4 is 0 Å². The van der Waals surface area contributed by atoms with Crippen LogP contribution in [0.15, 0.2) is 30.5 Å². The molecular formula is C23H28N2O5. The molecule has 4 rings (SSSR count). The van der Waals surface area contributed by atoms with E-state index in [0.29, 0.717) is 25.9 Å². The second-order valence-corrected chi connectivity index (χ2v) is 8.46. The summed E-state index contributed by atoms with van der Waals surface area (Å²) in [6, 6.07) is 8.15. The molecule has 2 aromatic rings. The lowest BCUT2D eigenvalue weighted by Gasteiger charge is -2.36. The monoisotopic (exact) mass is 412 g/mol. The van der Waals surface area contributed by atoms with E-state index in [1.165, 1.54) is 24.8 Å². The van der Waals surface area contributed by atoms with Gasteiger partial charge in [0.2, 0.25) is 5.91 Å². The fourth-order valence-corrected chi connectivity index (χ4v) is 4.99. The van der Waals surface area contributed by atoms with Gasteiger partial charge in [-0.25, -0.2) is 0 Å². The minimum Gasteiger partial charge on any atom is -0.459 e. The molecule has 2 aliphatic rings. The van der Waals surface area contributed by atoms with Crippen LogP contribution in [0.4, 0.5) is 0 Å². The molecule has 1 aliphatic carbocycles. The van der Waals surface area contributed by atoms with Gasteiger partial charge in [0.1, 0.15) is 12.2 Å². The molecule has 2 heterocycles. The van der Waals surface area contributed by atoms with Crippen LogP contribution in [-0.4, -0.2) is 53.0 Å². The van der Waals surface area contributed by atoms with Gasteiger partial charge in [-0.2, -0.15) is 0 Å². The van der Waals surface area contributed by atoms with E-state index in [4.69, 9.17) is 9.47 Å². The van der Waals surface area contributed by atoms with E-state index in [2.05, 4.69) is 11.1 Å². The number of likely N-dealkylation sites (tertiary alicyclic amines) is 1. The van der Waals surface area contributed by atoms with Gasteiger partial charge in [-0.15, -0.1) is 0 Å². The number of carbonyl (C=O) groups is 3. The number of rotatable bonds is 5. The van der Waals surface area contributed by atoms with Gasteiger partial charge in [0.25, 0.3) is 0 Å². The fraction of sp³-hybridized carbons (Fsp3) is 0.522. The maximum absolute atomic E-state index is 13.1. The molecule has 7 nitrogen and oxygen atoms in total. The largest absolute Gasteiger partial charge is 0.459 e. The van der Waals surface area contributed by atoms with Crippen LogP contribution in [0.1, 0.15) is 38.7 Å². The van der Waals surface area contributed by atoms with E-state index in [-0.39, 0.29) is 17.7 Å². The molecule has 2 bridgehead atoms. The summed E-state index contributed by atoms with van der Waals surface area (Å²) in [6.45, 7) is 3.99. The summed E-state index contributed by atoms with van der Waals surface area (Å²) < 4.78 is 10.9. The number of nitrogens with zero attached hydrogens (tertiary/aromatic N) is 1. The number of para-hydroxylation sites is 1. The minimum absolute atomic E-state index is 0.103. The number of ether oxygens (including phenoxy) is 2. The minimum atomic E-state index is -0.570. The fourth-order valence-electron chi connectivity index (χ4n) is 4.99. The number of benzene rings is 1. The van der Waals surface area contributed by atoms with E-state index < -0.39 is 24.1 Å². The first kappa shape index (κ1) is 20.4. The molecule has 1 saturated carbocycles. The number of hydrogen-bond donors (Lipinski definition) is 1. The molecule has 2 fully saturated rings. The molecule has 4 atom stereocenters. The van der Waals surface area contributed by atoms with Crippen molar-refractivity contribution in [2.75, 3.05) is 13.1 Å². The Labute approximate surface area is 175 Å². The van der Waals surface area contributed by atoms with E-state index in [1.54, 1.807) is 0 Å². The van der Waals surface area contributed by atoms with Crippen LogP contribution in [0.25, 0.3) is 10.9 Å². The summed E-state index contributed by atoms with van der Waals surface area (Å²) in [5.74, 6) is -0.697. The predicted octanol–water partition coefficient (Wildman–Crippen LogP) is 2.83. The molecule has 1 aliphatic heterocycles. The molecule has 1 aromatic carbocycles. The summed E-state index contributed by atoms with van der Waals surface area (Å²) >= 11 is 0. The van der Waals surface area contributed by atoms with Crippen LogP contribution in [-0.2, 0) is 30.3 Å². The van der Waals surface area contributed by atoms with Crippen LogP contribution >= 0.6 is 0 Å². The molecule has 0 spiro atoms. The summed E-state index contributed by atoms with van der Waals surface area (Å²) in [6.07, 6.45) is 3.47. The number of aromatic amines is 1. The summed E-state index contributed by atoms with van der Waals surface area (Å²) in [4.78, 5) is 41.5. The van der Waals surface area contributed by atoms with Crippen molar-refractivity contribution in [3.05, 3.63) is 36.0 Å². The highest BCUT2D eigenvalue weighted by Gasteiger charge is 2.44. The Hall–Kier alpha value is -2.83. The van der Waals surface area contributed by atoms with Crippen molar-refractivity contribution in [2.45, 2.75) is 51.7 Å². The van der Waals surface area contributed by atoms with Gasteiger partial charge < -0.3 is 19.4 Å². The second kappa shape index (κ2) is 8.50. The van der Waals surface area contributed by atoms with Crippen molar-refractivity contribution in [2.24, 2.45) is 11.8 Å². The third-order valence-corrected chi connectivity index (χ3v) is 6.22. The topological polar surface area (TPSA) is 88.7 Å². The lowest BCUT2D eigenvalue weighted by Crippen LogP contribution is -2.45. The standard InChI is InChI=1S/C23H28N2O5/c1-14(26)29-21-10-16-9-18(11-22(21)30-15(2)27)23(28)25(13-16)8-7-17-12-24-20-6-4-3-5-19(17)20/h3-6,12,16,18,21-22,24H,7-11,13H2,1-2H3/t16-,18+,21-,22+/m0/s1. The van der Waals surface area contributed by atoms with Gasteiger partial charge in [-0.1, -0.05) is 18.2 Å². The third kappa shape index (κ3) is 4.35. The molecule has 1 aromatic heterocycles. The van der Waals surface area contributed by atoms with Gasteiger partial charge >= 0.3 is 11.9 Å². The second-order valence-electron chi connectivity index (χ2n) is 8.46. The molecular weight excluding hydrogens is 384 g/mol. The molecule has 1 N–H and O–H groups in total. The molecule has 1 saturated heterocycles. The first-order valence-electron chi connectivity index (χ1n) is 10.6. The Balaban J connectivity index is 1.48. The van der Waals surface area contributed by atoms with Crippen molar-refractivity contribution < 1.29 is 23.9 Å². The lowest BCUT2D eigenvalue weighted by molar-refractivity contribution is -0.166. The Bertz CT molecular complexity index is 952. The maximum atomic E-state index is 13.1. The van der Waals surface area contributed by atoms with E-state index in [1.807, 2.05) is 29.3 Å². The van der Waals surface area contributed by atoms with E-state index in [9.17, 15) is 14.4 Å². The molecule has 0 radical (unpaired) electrons. The summed E-state index contributed by atoms with van der Waals surface area (Å²) in [7, 11) is 0. The van der Waals surface area contributed by atoms with Gasteiger partial charge in [-0.3, -0.25) is 14.4 Å². The van der Waals surface area contributed by atoms with Gasteiger partial charge in [-0.05, 0) is 43.2 Å². The van der Waals surface area contributed by atoms with Crippen molar-refractivity contribution in [3.63, 3.8) is 0 Å². The Kier molecular flexibility index (Phi) is 5.79. The zero-order valence-electron chi connectivity index (χ0n) is 17.4. The number of carbonyl (C=O) groups excluding carboxylic acids is 3. The van der Waals surface area contributed by atoms with E-state index in [0.717, 1.165) is 18.4 Å². The zero-order valence-corrected chi connectivity index (χ0v) is 17.4. The highest BCUT2D eigenvalue weighted by Crippen LogP contribution is 2.37. The number of H-pyrrole nitrogens is 1. The Morgan fingerprint density at radius 2 is 1.77 bits per heavy atom. The summed E-state index contributed by atoms with van der Waals surface area (Å²) in [5, 5.41) is 1.18. The number of aromatic nitrogens is 1. The third-order valence-electron chi connectivity index (χ3n) is 6.22. The number of nitrogens with one attached hydrogen (secondary N) is 1. The first-order chi connectivity index (χ1) is 14.4. The number of fused-ring (bicyclic) bond motifs is 3. The lowest BCUT2D eigenvalue weighted by atomic mass is 9.87. The highest BCUT2D eigenvalue weighted by molar-refractivity contribution is 5.83. The highest BCUT2D eigenvalue weighted by atomic mass is 16.6. The number of esters is 2. The summed E-state index contributed by atoms with van der Waals surface area (Å²) in [5.41, 5.74) is 2.29. The zero-order chi connectivity index (χ0) is 21.3. The normalized spacial score (nSPS) is 26.3. The van der Waals surface area contributed by atoms with Gasteiger partial charge in [0.15, 0.2) is 0 Å². The van der Waals surface area contributed by atoms with Crippen molar-refractivity contribution in [1.82, 2.24) is 9.88 Å². The molecule has 0 unspecified atom stereocenters. The first-order valence-corrected chi connectivity index (χ1v) is 10.6. The molecule has 30 heavy (non-hydrogen) atoms. The molecule has 7 heteroatoms. The Morgan fingerprint density at radius 3 is 2.50 bits per heavy atom. The average Bonchev–Trinajstić information content (AvgIpc) is 3.04. The average molecular weight is 412 g/mol. The van der Waals surface area contributed by atoms with Crippen molar-refractivity contribution in [1.29, 1.82) is 0 Å². The van der Waals surface area contributed by atoms with Gasteiger partial charge in [0.05, 0.1) is 0 Å². The van der Waals surface area contributed by atoms with Crippen LogP contribution in [0.3, 0.4) is 0 Å². The number of hydrogen-bond acceptors (Lipinski definition) is 5. The molecule has 1 amide bonds. The Morgan fingerprint density at radius 1 is 1.07 bits per heavy atom. The van der Waals surface area contributed by atoms with Gasteiger partial charge in [0, 0.05) is 50.0 Å². The smallest absolute Gasteiger partial charge is 0.303 e. The van der Waals surface area contributed by atoms with Crippen LogP contribution in [0.5, 0.6) is 0 Å². The van der Waals surface area contributed by atoms with E-state index >= 15 is 0 Å². The van der Waals surface area contributed by atoms with Crippen LogP contribution in [0.2, 0.25) is 0 Å². The SMILES string of the molecule is CC(=O)O[C@H]1C[C@@H]2C[C@H](C[C@H]1OC(C)=O)C(=O)N(CCc1c[nH]c3ccccc13)C2.